The predicted octanol–water partition coefficient (Wildman–Crippen LogP) is 5.41. The van der Waals surface area contributed by atoms with Crippen molar-refractivity contribution in [2.75, 3.05) is 0 Å². The van der Waals surface area contributed by atoms with Gasteiger partial charge in [-0.05, 0) is 29.8 Å². The van der Waals surface area contributed by atoms with E-state index in [-0.39, 0.29) is 11.9 Å². The first-order valence-electron chi connectivity index (χ1n) is 10.7. The van der Waals surface area contributed by atoms with E-state index in [9.17, 15) is 14.7 Å². The molecule has 0 atom stereocenters. The summed E-state index contributed by atoms with van der Waals surface area (Å²) in [6.07, 6.45) is 10.3. The van der Waals surface area contributed by atoms with Crippen molar-refractivity contribution in [2.45, 2.75) is 6.04 Å². The molecule has 5 rings (SSSR count). The Balaban J connectivity index is 1.49. The lowest BCUT2D eigenvalue weighted by Gasteiger charge is -2.28. The van der Waals surface area contributed by atoms with Gasteiger partial charge in [0.05, 0.1) is 17.7 Å². The molecule has 1 aromatic heterocycles. The molecule has 162 valence electrons. The summed E-state index contributed by atoms with van der Waals surface area (Å²) in [5.74, 6) is -0.448. The average Bonchev–Trinajstić information content (AvgIpc) is 3.45. The highest BCUT2D eigenvalue weighted by atomic mass is 16.4. The van der Waals surface area contributed by atoms with E-state index in [4.69, 9.17) is 4.42 Å². The average molecular weight is 435 g/mol. The van der Waals surface area contributed by atoms with Crippen LogP contribution in [-0.2, 0) is 9.59 Å². The fraction of sp³-hybridized carbons (Fsp3) is 0.0714. The van der Waals surface area contributed by atoms with E-state index < -0.39 is 11.9 Å². The zero-order chi connectivity index (χ0) is 22.8. The molecule has 0 fully saturated rings. The highest BCUT2D eigenvalue weighted by Gasteiger charge is 2.34. The second-order valence-corrected chi connectivity index (χ2v) is 7.86. The first-order valence-corrected chi connectivity index (χ1v) is 10.7. The van der Waals surface area contributed by atoms with Gasteiger partial charge in [0.2, 0.25) is 0 Å². The number of furan rings is 1. The first kappa shape index (κ1) is 20.5. The van der Waals surface area contributed by atoms with Gasteiger partial charge in [0.15, 0.2) is 0 Å². The number of carboxylic acids is 1. The van der Waals surface area contributed by atoms with Gasteiger partial charge in [0.25, 0.3) is 5.91 Å². The molecule has 0 spiro atoms. The van der Waals surface area contributed by atoms with Crippen molar-refractivity contribution in [3.05, 3.63) is 120 Å². The quantitative estimate of drug-likeness (QED) is 0.430. The highest BCUT2D eigenvalue weighted by molar-refractivity contribution is 6.11. The fourth-order valence-electron chi connectivity index (χ4n) is 4.03. The van der Waals surface area contributed by atoms with Crippen LogP contribution in [0.4, 0.5) is 0 Å². The number of carbonyl (C=O) groups is 2. The second kappa shape index (κ2) is 8.63. The Bertz CT molecular complexity index is 1300. The van der Waals surface area contributed by atoms with E-state index in [1.54, 1.807) is 35.3 Å². The molecular weight excluding hydrogens is 414 g/mol. The maximum Gasteiger partial charge on any atom is 0.314 e. The largest absolute Gasteiger partial charge is 0.481 e. The van der Waals surface area contributed by atoms with Gasteiger partial charge in [-0.1, -0.05) is 85.0 Å². The van der Waals surface area contributed by atoms with Crippen molar-refractivity contribution in [1.82, 2.24) is 4.90 Å². The molecule has 2 heterocycles. The van der Waals surface area contributed by atoms with Crippen LogP contribution >= 0.6 is 0 Å². The smallest absolute Gasteiger partial charge is 0.314 e. The summed E-state index contributed by atoms with van der Waals surface area (Å²) in [7, 11) is 0. The zero-order valence-electron chi connectivity index (χ0n) is 17.7. The SMILES string of the molecule is O=C(O)C1C=CC(N2C(=O)/C(=C/c3ccc(-c4ccccc4)o3)C=C2c2ccccc2)C=C1. The fourth-order valence-corrected chi connectivity index (χ4v) is 4.03. The molecule has 0 bridgehead atoms. The van der Waals surface area contributed by atoms with Crippen LogP contribution < -0.4 is 0 Å². The van der Waals surface area contributed by atoms with Crippen molar-refractivity contribution in [3.63, 3.8) is 0 Å². The van der Waals surface area contributed by atoms with Crippen LogP contribution in [0.5, 0.6) is 0 Å². The van der Waals surface area contributed by atoms with E-state index >= 15 is 0 Å². The minimum Gasteiger partial charge on any atom is -0.481 e. The van der Waals surface area contributed by atoms with Crippen LogP contribution in [0, 0.1) is 5.92 Å². The van der Waals surface area contributed by atoms with Crippen LogP contribution in [0.1, 0.15) is 11.3 Å². The van der Waals surface area contributed by atoms with E-state index in [1.165, 1.54) is 0 Å². The Kier molecular flexibility index (Phi) is 5.37. The molecule has 33 heavy (non-hydrogen) atoms. The topological polar surface area (TPSA) is 70.8 Å². The van der Waals surface area contributed by atoms with Crippen molar-refractivity contribution in [2.24, 2.45) is 5.92 Å². The molecule has 0 radical (unpaired) electrons. The van der Waals surface area contributed by atoms with Gasteiger partial charge >= 0.3 is 5.97 Å². The third-order valence-corrected chi connectivity index (χ3v) is 5.68. The molecule has 1 N–H and O–H groups in total. The number of hydrogen-bond donors (Lipinski definition) is 1. The van der Waals surface area contributed by atoms with Gasteiger partial charge in [-0.25, -0.2) is 0 Å². The van der Waals surface area contributed by atoms with Crippen LogP contribution in [-0.4, -0.2) is 27.9 Å². The van der Waals surface area contributed by atoms with Crippen LogP contribution in [0.25, 0.3) is 23.1 Å². The third-order valence-electron chi connectivity index (χ3n) is 5.68. The molecule has 1 aliphatic carbocycles. The van der Waals surface area contributed by atoms with Gasteiger partial charge in [-0.3, -0.25) is 14.5 Å². The highest BCUT2D eigenvalue weighted by Crippen LogP contribution is 2.35. The summed E-state index contributed by atoms with van der Waals surface area (Å²) in [6, 6.07) is 22.8. The van der Waals surface area contributed by atoms with Gasteiger partial charge in [-0.2, -0.15) is 0 Å². The Labute approximate surface area is 191 Å². The molecule has 0 saturated heterocycles. The van der Waals surface area contributed by atoms with E-state index in [0.717, 1.165) is 22.6 Å². The van der Waals surface area contributed by atoms with E-state index in [0.29, 0.717) is 11.3 Å². The number of aliphatic carboxylic acids is 1. The van der Waals surface area contributed by atoms with Crippen molar-refractivity contribution in [1.29, 1.82) is 0 Å². The molecule has 1 aliphatic heterocycles. The van der Waals surface area contributed by atoms with E-state index in [2.05, 4.69) is 0 Å². The number of carboxylic acid groups (broad SMARTS) is 1. The van der Waals surface area contributed by atoms with Crippen LogP contribution in [0.3, 0.4) is 0 Å². The number of benzene rings is 2. The zero-order valence-corrected chi connectivity index (χ0v) is 17.7. The second-order valence-electron chi connectivity index (χ2n) is 7.86. The molecule has 2 aromatic carbocycles. The standard InChI is InChI=1S/C28H21NO4/c30-27-22(17-24-15-16-26(33-24)20-9-5-2-6-10-20)18-25(19-7-3-1-4-8-19)29(27)23-13-11-21(12-14-23)28(31)32/h1-18,21,23H,(H,31,32)/b22-17+. The van der Waals surface area contributed by atoms with Gasteiger partial charge < -0.3 is 9.52 Å². The summed E-state index contributed by atoms with van der Waals surface area (Å²) in [6.45, 7) is 0. The molecule has 1 amide bonds. The summed E-state index contributed by atoms with van der Waals surface area (Å²) >= 11 is 0. The lowest BCUT2D eigenvalue weighted by atomic mass is 9.99. The summed E-state index contributed by atoms with van der Waals surface area (Å²) in [5.41, 5.74) is 3.13. The first-order chi connectivity index (χ1) is 16.1. The van der Waals surface area contributed by atoms with Crippen molar-refractivity contribution in [3.8, 4) is 11.3 Å². The Morgan fingerprint density at radius 2 is 1.48 bits per heavy atom. The maximum atomic E-state index is 13.5. The number of carbonyl (C=O) groups excluding carboxylic acids is 1. The van der Waals surface area contributed by atoms with Crippen LogP contribution in [0.2, 0.25) is 0 Å². The van der Waals surface area contributed by atoms with E-state index in [1.807, 2.05) is 78.9 Å². The molecular formula is C28H21NO4. The lowest BCUT2D eigenvalue weighted by molar-refractivity contribution is -0.138. The molecule has 3 aromatic rings. The number of nitrogens with zero attached hydrogens (tertiary/aromatic N) is 1. The van der Waals surface area contributed by atoms with Gasteiger partial charge in [0, 0.05) is 11.1 Å². The number of rotatable bonds is 5. The van der Waals surface area contributed by atoms with Gasteiger partial charge in [-0.15, -0.1) is 0 Å². The normalized spacial score (nSPS) is 21.0. The van der Waals surface area contributed by atoms with Crippen molar-refractivity contribution < 1.29 is 19.1 Å². The third kappa shape index (κ3) is 4.08. The van der Waals surface area contributed by atoms with Crippen LogP contribution in [0.15, 0.2) is 113 Å². The summed E-state index contributed by atoms with van der Waals surface area (Å²) in [5, 5.41) is 9.25. The Hall–Kier alpha value is -4.38. The maximum absolute atomic E-state index is 13.5. The Morgan fingerprint density at radius 3 is 2.12 bits per heavy atom. The molecule has 2 aliphatic rings. The number of amides is 1. The Morgan fingerprint density at radius 1 is 0.848 bits per heavy atom. The van der Waals surface area contributed by atoms with Gasteiger partial charge in [0.1, 0.15) is 11.5 Å². The molecule has 0 unspecified atom stereocenters. The molecule has 0 saturated carbocycles. The molecule has 5 nitrogen and oxygen atoms in total. The predicted molar refractivity (Wildman–Crippen MR) is 127 cm³/mol. The minimum absolute atomic E-state index is 0.167. The lowest BCUT2D eigenvalue weighted by Crippen LogP contribution is -2.35. The van der Waals surface area contributed by atoms with Crippen molar-refractivity contribution >= 4 is 23.6 Å². The summed E-state index contributed by atoms with van der Waals surface area (Å²) < 4.78 is 5.97. The monoisotopic (exact) mass is 435 g/mol. The summed E-state index contributed by atoms with van der Waals surface area (Å²) in [4.78, 5) is 26.4. The molecule has 5 heteroatoms. The minimum atomic E-state index is -0.917. The number of hydrogen-bond acceptors (Lipinski definition) is 3.